The molecular formula is C17H14ClF2NO5S. The normalized spacial score (nSPS) is 11.3. The van der Waals surface area contributed by atoms with Crippen LogP contribution in [0.25, 0.3) is 0 Å². The van der Waals surface area contributed by atoms with Crippen molar-refractivity contribution >= 4 is 39.0 Å². The number of nitrogens with one attached hydrogen (secondary N) is 1. The van der Waals surface area contributed by atoms with Gasteiger partial charge in [-0.2, -0.15) is 8.78 Å². The SMILES string of the molecule is Cc1cc(Cl)ccc1NC(=O)COC(=O)c1ccc(S(=O)(=O)C(F)F)cc1. The highest BCUT2D eigenvalue weighted by molar-refractivity contribution is 7.91. The van der Waals surface area contributed by atoms with E-state index in [-0.39, 0.29) is 5.56 Å². The summed E-state index contributed by atoms with van der Waals surface area (Å²) in [5.41, 5.74) is 1.14. The van der Waals surface area contributed by atoms with Crippen LogP contribution in [0, 0.1) is 6.92 Å². The maximum atomic E-state index is 12.5. The summed E-state index contributed by atoms with van der Waals surface area (Å²) >= 11 is 5.82. The van der Waals surface area contributed by atoms with Gasteiger partial charge in [0.05, 0.1) is 10.5 Å². The maximum Gasteiger partial charge on any atom is 0.341 e. The van der Waals surface area contributed by atoms with E-state index in [0.29, 0.717) is 10.7 Å². The van der Waals surface area contributed by atoms with Crippen LogP contribution in [-0.2, 0) is 19.4 Å². The first-order valence-electron chi connectivity index (χ1n) is 7.46. The van der Waals surface area contributed by atoms with Crippen molar-refractivity contribution in [1.29, 1.82) is 0 Å². The first kappa shape index (κ1) is 20.8. The number of amides is 1. The summed E-state index contributed by atoms with van der Waals surface area (Å²) in [4.78, 5) is 23.1. The Morgan fingerprint density at radius 2 is 1.78 bits per heavy atom. The van der Waals surface area contributed by atoms with E-state index in [1.807, 2.05) is 0 Å². The molecule has 1 N–H and O–H groups in total. The third-order valence-corrected chi connectivity index (χ3v) is 5.08. The number of esters is 1. The molecule has 0 aliphatic carbocycles. The van der Waals surface area contributed by atoms with E-state index in [1.165, 1.54) is 0 Å². The Balaban J connectivity index is 1.96. The molecule has 0 aliphatic rings. The van der Waals surface area contributed by atoms with E-state index in [1.54, 1.807) is 25.1 Å². The van der Waals surface area contributed by atoms with Crippen LogP contribution in [0.4, 0.5) is 14.5 Å². The number of hydrogen-bond acceptors (Lipinski definition) is 5. The fourth-order valence-electron chi connectivity index (χ4n) is 2.05. The van der Waals surface area contributed by atoms with Crippen LogP contribution in [0.15, 0.2) is 47.4 Å². The van der Waals surface area contributed by atoms with Crippen molar-refractivity contribution in [2.45, 2.75) is 17.6 Å². The number of benzene rings is 2. The van der Waals surface area contributed by atoms with E-state index in [2.05, 4.69) is 5.32 Å². The zero-order valence-electron chi connectivity index (χ0n) is 13.9. The standard InChI is InChI=1S/C17H14ClF2NO5S/c1-10-8-12(18)4-7-14(10)21-15(22)9-26-16(23)11-2-5-13(6-3-11)27(24,25)17(19)20/h2-8,17H,9H2,1H3,(H,21,22). The average molecular weight is 418 g/mol. The minimum Gasteiger partial charge on any atom is -0.452 e. The van der Waals surface area contributed by atoms with Gasteiger partial charge in [-0.05, 0) is 55.0 Å². The summed E-state index contributed by atoms with van der Waals surface area (Å²) in [5.74, 6) is -5.06. The molecule has 144 valence electrons. The Labute approximate surface area is 159 Å². The van der Waals surface area contributed by atoms with Crippen molar-refractivity contribution in [2.24, 2.45) is 0 Å². The molecule has 2 rings (SSSR count). The molecule has 0 unspecified atom stereocenters. The number of carbonyl (C=O) groups is 2. The molecule has 0 saturated carbocycles. The molecule has 2 aromatic carbocycles. The Morgan fingerprint density at radius 3 is 2.33 bits per heavy atom. The summed E-state index contributed by atoms with van der Waals surface area (Å²) in [6, 6.07) is 8.63. The predicted molar refractivity (Wildman–Crippen MR) is 94.7 cm³/mol. The topological polar surface area (TPSA) is 89.5 Å². The summed E-state index contributed by atoms with van der Waals surface area (Å²) in [5, 5.41) is 3.06. The minimum atomic E-state index is -4.75. The van der Waals surface area contributed by atoms with E-state index in [9.17, 15) is 26.8 Å². The van der Waals surface area contributed by atoms with Crippen LogP contribution in [0.5, 0.6) is 0 Å². The van der Waals surface area contributed by atoms with Crippen molar-refractivity contribution < 1.29 is 31.5 Å². The Bertz CT molecular complexity index is 962. The molecule has 0 atom stereocenters. The van der Waals surface area contributed by atoms with Crippen LogP contribution >= 0.6 is 11.6 Å². The highest BCUT2D eigenvalue weighted by atomic mass is 35.5. The molecule has 0 spiro atoms. The molecule has 1 amide bonds. The quantitative estimate of drug-likeness (QED) is 0.727. The first-order valence-corrected chi connectivity index (χ1v) is 9.39. The highest BCUT2D eigenvalue weighted by Gasteiger charge is 2.26. The lowest BCUT2D eigenvalue weighted by atomic mass is 10.2. The number of alkyl halides is 2. The minimum absolute atomic E-state index is 0.0845. The molecule has 0 heterocycles. The van der Waals surface area contributed by atoms with Crippen LogP contribution in [0.1, 0.15) is 15.9 Å². The number of halogens is 3. The lowest BCUT2D eigenvalue weighted by Gasteiger charge is -2.09. The van der Waals surface area contributed by atoms with Crippen LogP contribution in [0.3, 0.4) is 0 Å². The van der Waals surface area contributed by atoms with Gasteiger partial charge in [-0.15, -0.1) is 0 Å². The van der Waals surface area contributed by atoms with Gasteiger partial charge in [-0.25, -0.2) is 13.2 Å². The zero-order valence-corrected chi connectivity index (χ0v) is 15.5. The van der Waals surface area contributed by atoms with Crippen LogP contribution < -0.4 is 5.32 Å². The number of ether oxygens (including phenoxy) is 1. The molecule has 0 radical (unpaired) electrons. The van der Waals surface area contributed by atoms with Crippen molar-refractivity contribution in [1.82, 2.24) is 0 Å². The van der Waals surface area contributed by atoms with Gasteiger partial charge in [0.1, 0.15) is 0 Å². The molecule has 0 aliphatic heterocycles. The predicted octanol–water partition coefficient (Wildman–Crippen LogP) is 3.44. The van der Waals surface area contributed by atoms with Gasteiger partial charge in [0.2, 0.25) is 9.84 Å². The third-order valence-electron chi connectivity index (χ3n) is 3.45. The largest absolute Gasteiger partial charge is 0.452 e. The molecule has 0 bridgehead atoms. The number of rotatable bonds is 6. The molecule has 27 heavy (non-hydrogen) atoms. The fraction of sp³-hybridized carbons (Fsp3) is 0.176. The van der Waals surface area contributed by atoms with Gasteiger partial charge in [0.25, 0.3) is 5.91 Å². The maximum absolute atomic E-state index is 12.5. The lowest BCUT2D eigenvalue weighted by molar-refractivity contribution is -0.119. The van der Waals surface area contributed by atoms with E-state index >= 15 is 0 Å². The monoisotopic (exact) mass is 417 g/mol. The van der Waals surface area contributed by atoms with Gasteiger partial charge >= 0.3 is 11.7 Å². The summed E-state index contributed by atoms with van der Waals surface area (Å²) in [7, 11) is -4.75. The Kier molecular flexibility index (Phi) is 6.50. The van der Waals surface area contributed by atoms with Crippen molar-refractivity contribution in [3.05, 3.63) is 58.6 Å². The number of aryl methyl sites for hydroxylation is 1. The molecule has 6 nitrogen and oxygen atoms in total. The van der Waals surface area contributed by atoms with Crippen molar-refractivity contribution in [2.75, 3.05) is 11.9 Å². The first-order chi connectivity index (χ1) is 12.6. The zero-order chi connectivity index (χ0) is 20.2. The van der Waals surface area contributed by atoms with E-state index in [0.717, 1.165) is 29.8 Å². The number of sulfone groups is 1. The fourth-order valence-corrected chi connectivity index (χ4v) is 3.00. The molecular weight excluding hydrogens is 404 g/mol. The van der Waals surface area contributed by atoms with Crippen LogP contribution in [0.2, 0.25) is 5.02 Å². The molecule has 0 saturated heterocycles. The second-order valence-electron chi connectivity index (χ2n) is 5.41. The Morgan fingerprint density at radius 1 is 1.15 bits per heavy atom. The van der Waals surface area contributed by atoms with Gasteiger partial charge in [-0.1, -0.05) is 11.6 Å². The van der Waals surface area contributed by atoms with Crippen molar-refractivity contribution in [3.63, 3.8) is 0 Å². The lowest BCUT2D eigenvalue weighted by Crippen LogP contribution is -2.21. The molecule has 0 fully saturated rings. The second-order valence-corrected chi connectivity index (χ2v) is 7.77. The molecule has 2 aromatic rings. The highest BCUT2D eigenvalue weighted by Crippen LogP contribution is 2.20. The van der Waals surface area contributed by atoms with E-state index in [4.69, 9.17) is 16.3 Å². The summed E-state index contributed by atoms with van der Waals surface area (Å²) < 4.78 is 52.4. The van der Waals surface area contributed by atoms with Crippen LogP contribution in [-0.4, -0.2) is 32.7 Å². The third kappa shape index (κ3) is 5.24. The summed E-state index contributed by atoms with van der Waals surface area (Å²) in [6.45, 7) is 1.15. The average Bonchev–Trinajstić information content (AvgIpc) is 2.62. The summed E-state index contributed by atoms with van der Waals surface area (Å²) in [6.07, 6.45) is 0. The molecule has 0 aromatic heterocycles. The number of anilines is 1. The molecule has 10 heteroatoms. The van der Waals surface area contributed by atoms with Crippen molar-refractivity contribution in [3.8, 4) is 0 Å². The second kappa shape index (κ2) is 8.45. The van der Waals surface area contributed by atoms with Gasteiger partial charge in [0, 0.05) is 10.7 Å². The number of hydrogen-bond donors (Lipinski definition) is 1. The van der Waals surface area contributed by atoms with Gasteiger partial charge in [0.15, 0.2) is 6.61 Å². The Hall–Kier alpha value is -2.52. The van der Waals surface area contributed by atoms with Gasteiger partial charge < -0.3 is 10.1 Å². The van der Waals surface area contributed by atoms with E-state index < -0.39 is 39.0 Å². The van der Waals surface area contributed by atoms with Gasteiger partial charge in [-0.3, -0.25) is 4.79 Å². The smallest absolute Gasteiger partial charge is 0.341 e. The number of carbonyl (C=O) groups excluding carboxylic acids is 2.